The molecule has 0 spiro atoms. The zero-order valence-electron chi connectivity index (χ0n) is 34.2. The molecule has 3 nitrogen and oxygen atoms in total. The first-order valence-electron chi connectivity index (χ1n) is 21.6. The molecule has 0 aliphatic carbocycles. The number of nitrogens with zero attached hydrogens (tertiary/aromatic N) is 2. The van der Waals surface area contributed by atoms with Crippen LogP contribution in [0.25, 0.3) is 104 Å². The Bertz CT molecular complexity index is 3860. The summed E-state index contributed by atoms with van der Waals surface area (Å²) in [4.78, 5) is 2.33. The molecule has 0 fully saturated rings. The van der Waals surface area contributed by atoms with E-state index in [-0.39, 0.29) is 0 Å². The lowest BCUT2D eigenvalue weighted by Crippen LogP contribution is -2.10. The van der Waals surface area contributed by atoms with E-state index in [0.717, 1.165) is 50.3 Å². The molecule has 13 rings (SSSR count). The fourth-order valence-electron chi connectivity index (χ4n) is 10.0. The highest BCUT2D eigenvalue weighted by atomic mass is 16.3. The Labute approximate surface area is 363 Å². The van der Waals surface area contributed by atoms with Crippen LogP contribution in [0.5, 0.6) is 0 Å². The lowest BCUT2D eigenvalue weighted by molar-refractivity contribution is 0.669. The van der Waals surface area contributed by atoms with Crippen LogP contribution >= 0.6 is 0 Å². The highest BCUT2D eigenvalue weighted by Crippen LogP contribution is 2.44. The maximum absolute atomic E-state index is 6.67. The van der Waals surface area contributed by atoms with Crippen LogP contribution in [-0.4, -0.2) is 4.57 Å². The van der Waals surface area contributed by atoms with E-state index in [1.54, 1.807) is 0 Å². The Morgan fingerprint density at radius 2 is 0.778 bits per heavy atom. The van der Waals surface area contributed by atoms with E-state index in [1.165, 1.54) is 70.8 Å². The molecule has 11 aromatic carbocycles. The fourth-order valence-corrected chi connectivity index (χ4v) is 10.0. The molecule has 0 bridgehead atoms. The van der Waals surface area contributed by atoms with Gasteiger partial charge in [-0.15, -0.1) is 0 Å². The van der Waals surface area contributed by atoms with Gasteiger partial charge in [-0.2, -0.15) is 0 Å². The van der Waals surface area contributed by atoms with Crippen molar-refractivity contribution < 1.29 is 4.42 Å². The number of aromatic nitrogens is 1. The predicted molar refractivity (Wildman–Crippen MR) is 266 cm³/mol. The van der Waals surface area contributed by atoms with Crippen LogP contribution in [0.4, 0.5) is 17.1 Å². The first-order chi connectivity index (χ1) is 31.2. The van der Waals surface area contributed by atoms with Gasteiger partial charge in [0.2, 0.25) is 0 Å². The molecule has 294 valence electrons. The number of furan rings is 1. The minimum atomic E-state index is 0.862. The SMILES string of the molecule is c1ccc(-n2c3ccccc3c3cc(-c4ccc(N(c5ccc(-c6ccc7c8ccccc8c8ccccc8c7c6)cc5)c5cccc6c5oc5ccccc56)cc4)ccc32)cc1. The quantitative estimate of drug-likeness (QED) is 0.156. The van der Waals surface area contributed by atoms with Gasteiger partial charge in [0, 0.05) is 38.6 Å². The highest BCUT2D eigenvalue weighted by molar-refractivity contribution is 6.25. The summed E-state index contributed by atoms with van der Waals surface area (Å²) >= 11 is 0. The van der Waals surface area contributed by atoms with E-state index in [4.69, 9.17) is 4.42 Å². The van der Waals surface area contributed by atoms with Crippen molar-refractivity contribution in [2.75, 3.05) is 4.90 Å². The smallest absolute Gasteiger partial charge is 0.159 e. The highest BCUT2D eigenvalue weighted by Gasteiger charge is 2.20. The van der Waals surface area contributed by atoms with Gasteiger partial charge in [-0.3, -0.25) is 0 Å². The van der Waals surface area contributed by atoms with Crippen LogP contribution in [0.2, 0.25) is 0 Å². The molecule has 0 atom stereocenters. The van der Waals surface area contributed by atoms with Gasteiger partial charge in [0.05, 0.1) is 16.7 Å². The van der Waals surface area contributed by atoms with Crippen molar-refractivity contribution in [3.05, 3.63) is 231 Å². The minimum Gasteiger partial charge on any atom is -0.454 e. The topological polar surface area (TPSA) is 21.3 Å². The second-order valence-corrected chi connectivity index (χ2v) is 16.5. The molecule has 2 heterocycles. The van der Waals surface area contributed by atoms with E-state index >= 15 is 0 Å². The van der Waals surface area contributed by atoms with Crippen LogP contribution in [0.1, 0.15) is 0 Å². The molecule has 0 aliphatic rings. The predicted octanol–water partition coefficient (Wildman–Crippen LogP) is 16.9. The molecule has 63 heavy (non-hydrogen) atoms. The Kier molecular flexibility index (Phi) is 7.91. The molecule has 2 aromatic heterocycles. The standard InChI is InChI=1S/C60H38N2O/c1-2-13-43(14-3-1)62-56-22-10-8-19-51(56)55-38-42(30-36-57(55)62)40-27-33-45(34-28-40)61(58-23-12-21-53-52-20-9-11-24-59(52)63-60(53)58)44-31-25-39(26-32-44)41-29-35-50-48-17-5-4-15-46(48)47-16-6-7-18-49(47)54(50)37-41/h1-38H. The van der Waals surface area contributed by atoms with Crippen LogP contribution in [0.15, 0.2) is 235 Å². The first-order valence-corrected chi connectivity index (χ1v) is 21.6. The fraction of sp³-hybridized carbons (Fsp3) is 0. The largest absolute Gasteiger partial charge is 0.454 e. The van der Waals surface area contributed by atoms with Crippen LogP contribution in [0.3, 0.4) is 0 Å². The maximum atomic E-state index is 6.67. The van der Waals surface area contributed by atoms with Gasteiger partial charge in [-0.1, -0.05) is 158 Å². The summed E-state index contributed by atoms with van der Waals surface area (Å²) < 4.78 is 9.03. The van der Waals surface area contributed by atoms with Gasteiger partial charge in [0.1, 0.15) is 5.58 Å². The van der Waals surface area contributed by atoms with Gasteiger partial charge < -0.3 is 13.9 Å². The number of anilines is 3. The Morgan fingerprint density at radius 1 is 0.302 bits per heavy atom. The van der Waals surface area contributed by atoms with Crippen LogP contribution < -0.4 is 4.90 Å². The molecule has 0 unspecified atom stereocenters. The summed E-state index contributed by atoms with van der Waals surface area (Å²) in [6.45, 7) is 0. The van der Waals surface area contributed by atoms with Gasteiger partial charge in [0.25, 0.3) is 0 Å². The number of rotatable bonds is 6. The van der Waals surface area contributed by atoms with Gasteiger partial charge in [-0.05, 0) is 127 Å². The zero-order chi connectivity index (χ0) is 41.4. The van der Waals surface area contributed by atoms with Crippen LogP contribution in [-0.2, 0) is 0 Å². The molecule has 0 radical (unpaired) electrons. The third-order valence-electron chi connectivity index (χ3n) is 13.0. The van der Waals surface area contributed by atoms with Crippen molar-refractivity contribution in [1.82, 2.24) is 4.57 Å². The van der Waals surface area contributed by atoms with Gasteiger partial charge >= 0.3 is 0 Å². The Morgan fingerprint density at radius 3 is 1.44 bits per heavy atom. The van der Waals surface area contributed by atoms with E-state index in [2.05, 4.69) is 234 Å². The Balaban J connectivity index is 0.924. The third kappa shape index (κ3) is 5.60. The van der Waals surface area contributed by atoms with Crippen molar-refractivity contribution in [2.45, 2.75) is 0 Å². The lowest BCUT2D eigenvalue weighted by Gasteiger charge is -2.26. The van der Waals surface area contributed by atoms with Gasteiger partial charge in [0.15, 0.2) is 5.58 Å². The van der Waals surface area contributed by atoms with Crippen molar-refractivity contribution in [3.63, 3.8) is 0 Å². The normalized spacial score (nSPS) is 11.8. The summed E-state index contributed by atoms with van der Waals surface area (Å²) in [5.41, 5.74) is 13.1. The monoisotopic (exact) mass is 802 g/mol. The van der Waals surface area contributed by atoms with Crippen molar-refractivity contribution in [3.8, 4) is 27.9 Å². The van der Waals surface area contributed by atoms with E-state index in [0.29, 0.717) is 0 Å². The number of hydrogen-bond donors (Lipinski definition) is 0. The summed E-state index contributed by atoms with van der Waals surface area (Å²) in [6, 6.07) is 83.4. The average molecular weight is 803 g/mol. The van der Waals surface area contributed by atoms with Crippen molar-refractivity contribution in [2.24, 2.45) is 0 Å². The van der Waals surface area contributed by atoms with E-state index in [1.807, 2.05) is 6.07 Å². The number of fused-ring (bicyclic) bond motifs is 12. The molecular weight excluding hydrogens is 765 g/mol. The average Bonchev–Trinajstić information content (AvgIpc) is 3.91. The molecule has 13 aromatic rings. The summed E-state index contributed by atoms with van der Waals surface area (Å²) in [5.74, 6) is 0. The molecule has 0 aliphatic heterocycles. The first kappa shape index (κ1) is 35.4. The second kappa shape index (κ2) is 14.1. The maximum Gasteiger partial charge on any atom is 0.159 e. The van der Waals surface area contributed by atoms with Crippen molar-refractivity contribution >= 4 is 93.1 Å². The minimum absolute atomic E-state index is 0.862. The summed E-state index contributed by atoms with van der Waals surface area (Å²) in [6.07, 6.45) is 0. The number of hydrogen-bond acceptors (Lipinski definition) is 2. The van der Waals surface area contributed by atoms with E-state index in [9.17, 15) is 0 Å². The molecule has 0 saturated carbocycles. The molecule has 0 amide bonds. The van der Waals surface area contributed by atoms with Crippen molar-refractivity contribution in [1.29, 1.82) is 0 Å². The Hall–Kier alpha value is -8.40. The van der Waals surface area contributed by atoms with E-state index < -0.39 is 0 Å². The third-order valence-corrected chi connectivity index (χ3v) is 13.0. The summed E-state index contributed by atoms with van der Waals surface area (Å²) in [7, 11) is 0. The van der Waals surface area contributed by atoms with Gasteiger partial charge in [-0.25, -0.2) is 0 Å². The molecular formula is C60H38N2O. The molecule has 3 heteroatoms. The lowest BCUT2D eigenvalue weighted by atomic mass is 9.92. The number of para-hydroxylation sites is 4. The number of benzene rings is 11. The molecule has 0 N–H and O–H groups in total. The zero-order valence-corrected chi connectivity index (χ0v) is 34.2. The van der Waals surface area contributed by atoms with Crippen LogP contribution in [0, 0.1) is 0 Å². The summed E-state index contributed by atoms with van der Waals surface area (Å²) in [5, 5.41) is 12.4. The second-order valence-electron chi connectivity index (χ2n) is 16.5. The molecule has 0 saturated heterocycles.